The van der Waals surface area contributed by atoms with Crippen molar-refractivity contribution in [1.29, 1.82) is 0 Å². The van der Waals surface area contributed by atoms with Crippen LogP contribution in [0, 0.1) is 5.41 Å². The predicted octanol–water partition coefficient (Wildman–Crippen LogP) is 3.67. The molecule has 0 fully saturated rings. The number of fused-ring (bicyclic) bond motifs is 1. The molecule has 0 spiro atoms. The van der Waals surface area contributed by atoms with Gasteiger partial charge in [-0.25, -0.2) is 9.97 Å². The van der Waals surface area contributed by atoms with Crippen LogP contribution in [0.5, 0.6) is 0 Å². The highest BCUT2D eigenvalue weighted by molar-refractivity contribution is 5.67. The van der Waals surface area contributed by atoms with Crippen LogP contribution in [0.25, 0.3) is 12.2 Å². The molecule has 0 radical (unpaired) electrons. The van der Waals surface area contributed by atoms with Crippen molar-refractivity contribution in [2.75, 3.05) is 0 Å². The van der Waals surface area contributed by atoms with Crippen LogP contribution in [0.3, 0.4) is 0 Å². The molecule has 0 aromatic carbocycles. The van der Waals surface area contributed by atoms with Gasteiger partial charge in [-0.2, -0.15) is 0 Å². The van der Waals surface area contributed by atoms with Crippen molar-refractivity contribution in [3.63, 3.8) is 0 Å². The molecule has 1 aromatic heterocycles. The maximum absolute atomic E-state index is 4.38. The molecule has 0 bridgehead atoms. The maximum Gasteiger partial charge on any atom is 0.116 e. The molecule has 2 nitrogen and oxygen atoms in total. The van der Waals surface area contributed by atoms with E-state index < -0.39 is 0 Å². The standard InChI is InChI=1S/C14H18N2/c1-10(2)13-11-5-7-14(3,4)8-6-12(11)15-9-16-13/h5-10H,1-4H3. The van der Waals surface area contributed by atoms with E-state index in [2.05, 4.69) is 62.0 Å². The van der Waals surface area contributed by atoms with Gasteiger partial charge in [0.05, 0.1) is 11.4 Å². The van der Waals surface area contributed by atoms with Crippen molar-refractivity contribution in [2.24, 2.45) is 5.41 Å². The third kappa shape index (κ3) is 2.06. The Hall–Kier alpha value is -1.44. The van der Waals surface area contributed by atoms with Crippen molar-refractivity contribution < 1.29 is 0 Å². The third-order valence-electron chi connectivity index (χ3n) is 2.84. The Labute approximate surface area is 97.1 Å². The minimum absolute atomic E-state index is 0.0922. The number of hydrogen-bond donors (Lipinski definition) is 0. The molecular formula is C14H18N2. The number of nitrogens with zero attached hydrogens (tertiary/aromatic N) is 2. The summed E-state index contributed by atoms with van der Waals surface area (Å²) >= 11 is 0. The topological polar surface area (TPSA) is 25.8 Å². The Morgan fingerprint density at radius 2 is 1.75 bits per heavy atom. The molecule has 0 unspecified atom stereocenters. The zero-order chi connectivity index (χ0) is 11.8. The minimum Gasteiger partial charge on any atom is -0.240 e. The molecular weight excluding hydrogens is 196 g/mol. The first-order chi connectivity index (χ1) is 7.49. The molecule has 1 heterocycles. The van der Waals surface area contributed by atoms with Crippen LogP contribution >= 0.6 is 0 Å². The Kier molecular flexibility index (Phi) is 2.66. The fourth-order valence-electron chi connectivity index (χ4n) is 1.83. The van der Waals surface area contributed by atoms with Crippen LogP contribution in [-0.2, 0) is 0 Å². The van der Waals surface area contributed by atoms with E-state index in [-0.39, 0.29) is 5.41 Å². The molecule has 1 aliphatic rings. The fourth-order valence-corrected chi connectivity index (χ4v) is 1.83. The fraction of sp³-hybridized carbons (Fsp3) is 0.429. The average molecular weight is 214 g/mol. The van der Waals surface area contributed by atoms with E-state index in [1.165, 1.54) is 5.56 Å². The lowest BCUT2D eigenvalue weighted by Gasteiger charge is -2.12. The van der Waals surface area contributed by atoms with E-state index in [1.807, 2.05) is 0 Å². The summed E-state index contributed by atoms with van der Waals surface area (Å²) < 4.78 is 0. The quantitative estimate of drug-likeness (QED) is 0.713. The summed E-state index contributed by atoms with van der Waals surface area (Å²) in [5.74, 6) is 0.427. The Morgan fingerprint density at radius 1 is 1.06 bits per heavy atom. The molecule has 2 heteroatoms. The van der Waals surface area contributed by atoms with Gasteiger partial charge < -0.3 is 0 Å². The first-order valence-corrected chi connectivity index (χ1v) is 5.73. The van der Waals surface area contributed by atoms with Crippen LogP contribution < -0.4 is 0 Å². The summed E-state index contributed by atoms with van der Waals surface area (Å²) in [6.07, 6.45) is 10.3. The molecule has 0 atom stereocenters. The molecule has 2 rings (SSSR count). The number of hydrogen-bond acceptors (Lipinski definition) is 2. The van der Waals surface area contributed by atoms with Gasteiger partial charge in [0.25, 0.3) is 0 Å². The van der Waals surface area contributed by atoms with E-state index >= 15 is 0 Å². The predicted molar refractivity (Wildman–Crippen MR) is 68.0 cm³/mol. The summed E-state index contributed by atoms with van der Waals surface area (Å²) in [6, 6.07) is 0. The lowest BCUT2D eigenvalue weighted by Crippen LogP contribution is -2.00. The van der Waals surface area contributed by atoms with E-state index in [0.29, 0.717) is 5.92 Å². The van der Waals surface area contributed by atoms with Crippen molar-refractivity contribution in [2.45, 2.75) is 33.6 Å². The molecule has 16 heavy (non-hydrogen) atoms. The Balaban J connectivity index is 2.59. The number of rotatable bonds is 1. The highest BCUT2D eigenvalue weighted by Crippen LogP contribution is 2.29. The largest absolute Gasteiger partial charge is 0.240 e. The lowest BCUT2D eigenvalue weighted by atomic mass is 9.93. The van der Waals surface area contributed by atoms with Crippen LogP contribution in [0.2, 0.25) is 0 Å². The normalized spacial score (nSPS) is 17.3. The van der Waals surface area contributed by atoms with Crippen LogP contribution in [-0.4, -0.2) is 9.97 Å². The summed E-state index contributed by atoms with van der Waals surface area (Å²) in [6.45, 7) is 8.70. The van der Waals surface area contributed by atoms with Gasteiger partial charge in [-0.3, -0.25) is 0 Å². The van der Waals surface area contributed by atoms with Crippen molar-refractivity contribution in [3.8, 4) is 0 Å². The van der Waals surface area contributed by atoms with Crippen LogP contribution in [0.15, 0.2) is 18.5 Å². The second-order valence-electron chi connectivity index (χ2n) is 5.20. The van der Waals surface area contributed by atoms with Gasteiger partial charge in [0, 0.05) is 11.0 Å². The smallest absolute Gasteiger partial charge is 0.116 e. The minimum atomic E-state index is 0.0922. The monoisotopic (exact) mass is 214 g/mol. The van der Waals surface area contributed by atoms with E-state index in [0.717, 1.165) is 11.4 Å². The number of allylic oxidation sites excluding steroid dienone is 2. The average Bonchev–Trinajstić information content (AvgIpc) is 2.38. The van der Waals surface area contributed by atoms with Gasteiger partial charge in [0.15, 0.2) is 0 Å². The molecule has 0 amide bonds. The summed E-state index contributed by atoms with van der Waals surface area (Å²) in [7, 11) is 0. The third-order valence-corrected chi connectivity index (χ3v) is 2.84. The van der Waals surface area contributed by atoms with E-state index in [1.54, 1.807) is 6.33 Å². The van der Waals surface area contributed by atoms with Gasteiger partial charge in [-0.1, -0.05) is 45.9 Å². The maximum atomic E-state index is 4.38. The number of aromatic nitrogens is 2. The molecule has 0 aliphatic heterocycles. The molecule has 1 aromatic rings. The highest BCUT2D eigenvalue weighted by Gasteiger charge is 2.16. The summed E-state index contributed by atoms with van der Waals surface area (Å²) in [4.78, 5) is 8.72. The second-order valence-corrected chi connectivity index (χ2v) is 5.20. The molecule has 84 valence electrons. The van der Waals surface area contributed by atoms with Crippen molar-refractivity contribution in [3.05, 3.63) is 35.4 Å². The van der Waals surface area contributed by atoms with Gasteiger partial charge in [0.2, 0.25) is 0 Å². The van der Waals surface area contributed by atoms with Crippen LogP contribution in [0.1, 0.15) is 50.6 Å². The van der Waals surface area contributed by atoms with Gasteiger partial charge >= 0.3 is 0 Å². The van der Waals surface area contributed by atoms with Gasteiger partial charge in [0.1, 0.15) is 6.33 Å². The lowest BCUT2D eigenvalue weighted by molar-refractivity contribution is 0.633. The zero-order valence-corrected chi connectivity index (χ0v) is 10.4. The zero-order valence-electron chi connectivity index (χ0n) is 10.4. The van der Waals surface area contributed by atoms with Crippen LogP contribution in [0.4, 0.5) is 0 Å². The SMILES string of the molecule is CC(C)c1ncnc2c1C=CC(C)(C)C=C2. The summed E-state index contributed by atoms with van der Waals surface area (Å²) in [5, 5.41) is 0. The Bertz CT molecular complexity index is 454. The Morgan fingerprint density at radius 3 is 2.44 bits per heavy atom. The molecule has 0 saturated carbocycles. The molecule has 1 aliphatic carbocycles. The highest BCUT2D eigenvalue weighted by atomic mass is 14.8. The van der Waals surface area contributed by atoms with Crippen molar-refractivity contribution in [1.82, 2.24) is 9.97 Å². The molecule has 0 N–H and O–H groups in total. The first-order valence-electron chi connectivity index (χ1n) is 5.73. The first kappa shape index (κ1) is 11.1. The van der Waals surface area contributed by atoms with Crippen molar-refractivity contribution >= 4 is 12.2 Å². The van der Waals surface area contributed by atoms with E-state index in [4.69, 9.17) is 0 Å². The van der Waals surface area contributed by atoms with E-state index in [9.17, 15) is 0 Å². The summed E-state index contributed by atoms with van der Waals surface area (Å²) in [5.41, 5.74) is 3.41. The van der Waals surface area contributed by atoms with Gasteiger partial charge in [-0.15, -0.1) is 0 Å². The van der Waals surface area contributed by atoms with Gasteiger partial charge in [-0.05, 0) is 12.0 Å². The second kappa shape index (κ2) is 3.85. The molecule has 0 saturated heterocycles.